The van der Waals surface area contributed by atoms with Crippen LogP contribution < -0.4 is 5.73 Å². The van der Waals surface area contributed by atoms with Crippen LogP contribution in [0.4, 0.5) is 4.39 Å². The van der Waals surface area contributed by atoms with E-state index in [2.05, 4.69) is 0 Å². The zero-order chi connectivity index (χ0) is 9.84. The Hall–Kier alpha value is -0.600. The third-order valence-electron chi connectivity index (χ3n) is 1.91. The van der Waals surface area contributed by atoms with Crippen LogP contribution in [0, 0.1) is 6.92 Å². The summed E-state index contributed by atoms with van der Waals surface area (Å²) < 4.78 is 12.9. The first-order valence-electron chi connectivity index (χ1n) is 4.22. The number of nitrogens with two attached hydrogens (primary N) is 1. The van der Waals surface area contributed by atoms with E-state index < -0.39 is 6.17 Å². The van der Waals surface area contributed by atoms with Crippen LogP contribution in [-0.2, 0) is 6.42 Å². The first-order chi connectivity index (χ1) is 6.13. The Morgan fingerprint density at radius 3 is 2.77 bits per heavy atom. The van der Waals surface area contributed by atoms with Gasteiger partial charge in [0.1, 0.15) is 6.17 Å². The van der Waals surface area contributed by atoms with Gasteiger partial charge in [0.05, 0.1) is 0 Å². The number of hydrogen-bond acceptors (Lipinski definition) is 1. The van der Waals surface area contributed by atoms with Crippen molar-refractivity contribution in [1.29, 1.82) is 0 Å². The number of benzene rings is 1. The molecule has 0 aliphatic rings. The molecule has 1 rings (SSSR count). The van der Waals surface area contributed by atoms with E-state index in [9.17, 15) is 4.39 Å². The second kappa shape index (κ2) is 4.58. The lowest BCUT2D eigenvalue weighted by atomic mass is 10.1. The highest BCUT2D eigenvalue weighted by molar-refractivity contribution is 6.31. The van der Waals surface area contributed by atoms with Gasteiger partial charge in [0.25, 0.3) is 0 Å². The molecule has 13 heavy (non-hydrogen) atoms. The van der Waals surface area contributed by atoms with E-state index in [-0.39, 0.29) is 6.54 Å². The maximum Gasteiger partial charge on any atom is 0.116 e. The molecule has 1 aromatic carbocycles. The van der Waals surface area contributed by atoms with Crippen molar-refractivity contribution in [3.05, 3.63) is 34.3 Å². The lowest BCUT2D eigenvalue weighted by molar-refractivity contribution is 0.340. The number of rotatable bonds is 3. The van der Waals surface area contributed by atoms with Crippen molar-refractivity contribution >= 4 is 11.6 Å². The summed E-state index contributed by atoms with van der Waals surface area (Å²) in [6, 6.07) is 5.60. The van der Waals surface area contributed by atoms with Gasteiger partial charge in [-0.05, 0) is 24.1 Å². The molecule has 0 radical (unpaired) electrons. The van der Waals surface area contributed by atoms with Gasteiger partial charge in [-0.1, -0.05) is 23.7 Å². The van der Waals surface area contributed by atoms with Crippen molar-refractivity contribution in [2.45, 2.75) is 19.5 Å². The van der Waals surface area contributed by atoms with E-state index in [0.717, 1.165) is 11.1 Å². The normalized spacial score (nSPS) is 12.9. The van der Waals surface area contributed by atoms with E-state index in [1.165, 1.54) is 0 Å². The van der Waals surface area contributed by atoms with Crippen molar-refractivity contribution < 1.29 is 4.39 Å². The van der Waals surface area contributed by atoms with Crippen molar-refractivity contribution in [2.75, 3.05) is 6.54 Å². The third-order valence-corrected chi connectivity index (χ3v) is 2.26. The summed E-state index contributed by atoms with van der Waals surface area (Å²) in [4.78, 5) is 0. The summed E-state index contributed by atoms with van der Waals surface area (Å²) in [6.45, 7) is 2.00. The third kappa shape index (κ3) is 2.98. The van der Waals surface area contributed by atoms with Gasteiger partial charge in [-0.2, -0.15) is 0 Å². The minimum Gasteiger partial charge on any atom is -0.328 e. The molecule has 0 saturated heterocycles. The molecular formula is C10H13ClFN. The monoisotopic (exact) mass is 201 g/mol. The Bertz CT molecular complexity index is 288. The molecule has 0 saturated carbocycles. The molecule has 1 atom stereocenters. The molecule has 0 spiro atoms. The summed E-state index contributed by atoms with van der Waals surface area (Å²) >= 11 is 5.92. The zero-order valence-electron chi connectivity index (χ0n) is 7.56. The highest BCUT2D eigenvalue weighted by Crippen LogP contribution is 2.19. The summed E-state index contributed by atoms with van der Waals surface area (Å²) in [5.41, 5.74) is 7.09. The van der Waals surface area contributed by atoms with E-state index in [1.807, 2.05) is 25.1 Å². The molecule has 1 aromatic rings. The Kier molecular flexibility index (Phi) is 3.70. The van der Waals surface area contributed by atoms with Crippen LogP contribution in [0.25, 0.3) is 0 Å². The number of aryl methyl sites for hydroxylation is 1. The Labute approximate surface area is 82.7 Å². The van der Waals surface area contributed by atoms with Crippen LogP contribution >= 0.6 is 11.6 Å². The molecule has 1 nitrogen and oxygen atoms in total. The maximum atomic E-state index is 12.9. The standard InChI is InChI=1S/C10H13ClFN/c1-7-2-3-8(10(11)4-7)5-9(12)6-13/h2-4,9H,5-6,13H2,1H3. The fraction of sp³-hybridized carbons (Fsp3) is 0.400. The molecule has 72 valence electrons. The molecule has 3 heteroatoms. The van der Waals surface area contributed by atoms with Crippen LogP contribution in [0.3, 0.4) is 0 Å². The van der Waals surface area contributed by atoms with Crippen LogP contribution in [0.5, 0.6) is 0 Å². The van der Waals surface area contributed by atoms with E-state index >= 15 is 0 Å². The fourth-order valence-corrected chi connectivity index (χ4v) is 1.45. The highest BCUT2D eigenvalue weighted by Gasteiger charge is 2.07. The quantitative estimate of drug-likeness (QED) is 0.799. The largest absolute Gasteiger partial charge is 0.328 e. The fourth-order valence-electron chi connectivity index (χ4n) is 1.14. The van der Waals surface area contributed by atoms with E-state index in [0.29, 0.717) is 11.4 Å². The number of hydrogen-bond donors (Lipinski definition) is 1. The van der Waals surface area contributed by atoms with Crippen molar-refractivity contribution in [2.24, 2.45) is 5.73 Å². The van der Waals surface area contributed by atoms with Crippen molar-refractivity contribution in [1.82, 2.24) is 0 Å². The molecule has 1 unspecified atom stereocenters. The molecule has 0 fully saturated rings. The highest BCUT2D eigenvalue weighted by atomic mass is 35.5. The molecule has 0 amide bonds. The lowest BCUT2D eigenvalue weighted by Crippen LogP contribution is -2.17. The van der Waals surface area contributed by atoms with Gasteiger partial charge in [0, 0.05) is 18.0 Å². The molecule has 2 N–H and O–H groups in total. The molecule has 0 heterocycles. The van der Waals surface area contributed by atoms with Crippen molar-refractivity contribution in [3.63, 3.8) is 0 Å². The molecule has 0 aliphatic heterocycles. The Balaban J connectivity index is 2.77. The van der Waals surface area contributed by atoms with E-state index in [4.69, 9.17) is 17.3 Å². The SMILES string of the molecule is Cc1ccc(CC(F)CN)c(Cl)c1. The predicted molar refractivity (Wildman–Crippen MR) is 53.8 cm³/mol. The summed E-state index contributed by atoms with van der Waals surface area (Å²) in [5.74, 6) is 0. The van der Waals surface area contributed by atoms with E-state index in [1.54, 1.807) is 0 Å². The van der Waals surface area contributed by atoms with Gasteiger partial charge < -0.3 is 5.73 Å². The second-order valence-corrected chi connectivity index (χ2v) is 3.54. The summed E-state index contributed by atoms with van der Waals surface area (Å²) in [6.07, 6.45) is -0.699. The van der Waals surface area contributed by atoms with Gasteiger partial charge in [-0.25, -0.2) is 4.39 Å². The van der Waals surface area contributed by atoms with Gasteiger partial charge in [0.15, 0.2) is 0 Å². The molecule has 0 aromatic heterocycles. The van der Waals surface area contributed by atoms with Crippen molar-refractivity contribution in [3.8, 4) is 0 Å². The summed E-state index contributed by atoms with van der Waals surface area (Å²) in [7, 11) is 0. The summed E-state index contributed by atoms with van der Waals surface area (Å²) in [5, 5.41) is 0.621. The van der Waals surface area contributed by atoms with Gasteiger partial charge in [-0.15, -0.1) is 0 Å². The smallest absolute Gasteiger partial charge is 0.116 e. The zero-order valence-corrected chi connectivity index (χ0v) is 8.31. The second-order valence-electron chi connectivity index (χ2n) is 3.13. The minimum atomic E-state index is -1.000. The molecular weight excluding hydrogens is 189 g/mol. The molecule has 0 aliphatic carbocycles. The van der Waals surface area contributed by atoms with Gasteiger partial charge in [0.2, 0.25) is 0 Å². The lowest BCUT2D eigenvalue weighted by Gasteiger charge is -2.07. The Morgan fingerprint density at radius 1 is 1.54 bits per heavy atom. The average molecular weight is 202 g/mol. The number of halogens is 2. The Morgan fingerprint density at radius 2 is 2.23 bits per heavy atom. The van der Waals surface area contributed by atoms with Gasteiger partial charge >= 0.3 is 0 Å². The van der Waals surface area contributed by atoms with Crippen LogP contribution in [0.2, 0.25) is 5.02 Å². The first kappa shape index (κ1) is 10.5. The minimum absolute atomic E-state index is 0.0458. The predicted octanol–water partition coefficient (Wildman–Crippen LogP) is 2.49. The maximum absolute atomic E-state index is 12.9. The first-order valence-corrected chi connectivity index (χ1v) is 4.60. The topological polar surface area (TPSA) is 26.0 Å². The molecule has 0 bridgehead atoms. The van der Waals surface area contributed by atoms with Gasteiger partial charge in [-0.3, -0.25) is 0 Å². The van der Waals surface area contributed by atoms with Crippen LogP contribution in [0.15, 0.2) is 18.2 Å². The van der Waals surface area contributed by atoms with Crippen LogP contribution in [0.1, 0.15) is 11.1 Å². The van der Waals surface area contributed by atoms with Crippen LogP contribution in [-0.4, -0.2) is 12.7 Å². The number of alkyl halides is 1. The average Bonchev–Trinajstić information content (AvgIpc) is 2.09.